The molecule has 10 nitrogen and oxygen atoms in total. The number of carbonyl (C=O) groups excluding carboxylic acids is 1. The number of aromatic nitrogens is 3. The Balaban J connectivity index is 1.30. The van der Waals surface area contributed by atoms with Gasteiger partial charge in [0.15, 0.2) is 5.69 Å². The second-order valence-electron chi connectivity index (χ2n) is 9.87. The number of hydrogen-bond acceptors (Lipinski definition) is 10. The molecule has 2 aliphatic rings. The molecule has 200 valence electrons. The number of ether oxygens (including phenoxy) is 1. The lowest BCUT2D eigenvalue weighted by molar-refractivity contribution is -0.116. The summed E-state index contributed by atoms with van der Waals surface area (Å²) >= 11 is 1.61. The van der Waals surface area contributed by atoms with E-state index >= 15 is 0 Å². The molecule has 2 aromatic heterocycles. The molecule has 6 rings (SSSR count). The monoisotopic (exact) mass is 543 g/mol. The number of thiazole rings is 1. The van der Waals surface area contributed by atoms with Gasteiger partial charge < -0.3 is 25.1 Å². The summed E-state index contributed by atoms with van der Waals surface area (Å²) in [6.07, 6.45) is 2.43. The summed E-state index contributed by atoms with van der Waals surface area (Å²) in [5.41, 5.74) is 3.77. The highest BCUT2D eigenvalue weighted by Gasteiger charge is 2.38. The molecule has 1 fully saturated rings. The predicted octanol–water partition coefficient (Wildman–Crippen LogP) is 4.92. The molecule has 0 spiro atoms. The van der Waals surface area contributed by atoms with Crippen LogP contribution in [-0.4, -0.2) is 53.2 Å². The lowest BCUT2D eigenvalue weighted by Gasteiger charge is -2.36. The third kappa shape index (κ3) is 5.02. The van der Waals surface area contributed by atoms with Crippen LogP contribution in [-0.2, 0) is 14.9 Å². The van der Waals surface area contributed by atoms with Crippen molar-refractivity contribution in [3.05, 3.63) is 70.7 Å². The molecule has 3 heterocycles. The van der Waals surface area contributed by atoms with Crippen LogP contribution in [0.3, 0.4) is 0 Å². The highest BCUT2D eigenvalue weighted by Crippen LogP contribution is 2.47. The number of benzene rings is 2. The first-order valence-electron chi connectivity index (χ1n) is 12.9. The van der Waals surface area contributed by atoms with Crippen LogP contribution in [0.25, 0.3) is 11.6 Å². The van der Waals surface area contributed by atoms with Crippen molar-refractivity contribution in [2.24, 2.45) is 4.99 Å². The van der Waals surface area contributed by atoms with E-state index in [9.17, 15) is 4.79 Å². The fourth-order valence-electron chi connectivity index (χ4n) is 4.71. The second kappa shape index (κ2) is 10.6. The molecule has 0 bridgehead atoms. The van der Waals surface area contributed by atoms with E-state index in [-0.39, 0.29) is 23.2 Å². The lowest BCUT2D eigenvalue weighted by atomic mass is 9.71. The molecule has 1 amide bonds. The maximum Gasteiger partial charge on any atom is 0.317 e. The number of benzodiazepines with no additional fused rings is 1. The summed E-state index contributed by atoms with van der Waals surface area (Å²) in [4.78, 5) is 22.9. The van der Waals surface area contributed by atoms with Crippen molar-refractivity contribution in [3.63, 3.8) is 0 Å². The van der Waals surface area contributed by atoms with E-state index < -0.39 is 6.17 Å². The number of aliphatic imine (C=N–C) groups is 1. The first-order chi connectivity index (χ1) is 19.0. The highest BCUT2D eigenvalue weighted by molar-refractivity contribution is 7.16. The van der Waals surface area contributed by atoms with Gasteiger partial charge in [0.05, 0.1) is 18.0 Å². The molecule has 1 saturated carbocycles. The smallest absolute Gasteiger partial charge is 0.317 e. The number of para-hydroxylation sites is 1. The van der Waals surface area contributed by atoms with Crippen LogP contribution in [0.2, 0.25) is 0 Å². The fourth-order valence-corrected chi connectivity index (χ4v) is 5.89. The lowest BCUT2D eigenvalue weighted by Crippen LogP contribution is -2.32. The second-order valence-corrected chi connectivity index (χ2v) is 10.9. The molecule has 11 heteroatoms. The molecule has 39 heavy (non-hydrogen) atoms. The number of nitrogens with zero attached hydrogens (tertiary/aromatic N) is 4. The molecule has 1 atom stereocenters. The molecule has 4 aromatic rings. The Hall–Kier alpha value is -4.09. The molecule has 1 unspecified atom stereocenters. The van der Waals surface area contributed by atoms with Crippen molar-refractivity contribution in [1.29, 1.82) is 0 Å². The normalized spacial score (nSPS) is 17.8. The van der Waals surface area contributed by atoms with E-state index in [4.69, 9.17) is 19.1 Å². The van der Waals surface area contributed by atoms with Crippen LogP contribution in [0, 0.1) is 0 Å². The quantitative estimate of drug-likeness (QED) is 0.254. The summed E-state index contributed by atoms with van der Waals surface area (Å²) < 4.78 is 11.2. The van der Waals surface area contributed by atoms with Gasteiger partial charge in [-0.2, -0.15) is 0 Å². The van der Waals surface area contributed by atoms with Crippen molar-refractivity contribution >= 4 is 39.7 Å². The molecule has 1 aliphatic heterocycles. The van der Waals surface area contributed by atoms with Gasteiger partial charge >= 0.3 is 6.01 Å². The maximum absolute atomic E-state index is 13.2. The van der Waals surface area contributed by atoms with Gasteiger partial charge in [-0.15, -0.1) is 16.4 Å². The maximum atomic E-state index is 13.2. The number of anilines is 3. The Bertz CT molecular complexity index is 1510. The zero-order valence-corrected chi connectivity index (χ0v) is 22.5. The number of nitrogens with one attached hydrogen (secondary N) is 3. The largest absolute Gasteiger partial charge is 0.402 e. The van der Waals surface area contributed by atoms with Crippen LogP contribution in [0.1, 0.15) is 42.3 Å². The van der Waals surface area contributed by atoms with E-state index in [1.54, 1.807) is 18.4 Å². The first-order valence-corrected chi connectivity index (χ1v) is 13.7. The van der Waals surface area contributed by atoms with Gasteiger partial charge in [0.1, 0.15) is 10.0 Å². The molecule has 2 aromatic carbocycles. The van der Waals surface area contributed by atoms with Crippen LogP contribution < -0.4 is 16.0 Å². The van der Waals surface area contributed by atoms with E-state index in [1.165, 1.54) is 6.42 Å². The van der Waals surface area contributed by atoms with E-state index in [1.807, 2.05) is 54.6 Å². The van der Waals surface area contributed by atoms with Crippen molar-refractivity contribution in [1.82, 2.24) is 15.2 Å². The number of amides is 1. The van der Waals surface area contributed by atoms with E-state index in [0.717, 1.165) is 34.0 Å². The summed E-state index contributed by atoms with van der Waals surface area (Å²) in [7, 11) is 1.67. The van der Waals surface area contributed by atoms with Crippen molar-refractivity contribution in [2.45, 2.75) is 37.8 Å². The van der Waals surface area contributed by atoms with Crippen LogP contribution >= 0.6 is 11.3 Å². The zero-order valence-electron chi connectivity index (χ0n) is 21.7. The van der Waals surface area contributed by atoms with Crippen LogP contribution in [0.5, 0.6) is 0 Å². The SMILES string of the molecule is COCCNc1sc(C2(C)CCC2)nc1-c1nnc(NC2N=C(c3ccccc3)c3ccccc3NC2=O)o1. The number of rotatable bonds is 9. The Kier molecular flexibility index (Phi) is 6.84. The molecular weight excluding hydrogens is 514 g/mol. The minimum atomic E-state index is -0.986. The van der Waals surface area contributed by atoms with Gasteiger partial charge in [0.25, 0.3) is 11.8 Å². The van der Waals surface area contributed by atoms with Gasteiger partial charge in [-0.3, -0.25) is 4.79 Å². The van der Waals surface area contributed by atoms with Crippen molar-refractivity contribution in [3.8, 4) is 11.6 Å². The highest BCUT2D eigenvalue weighted by atomic mass is 32.1. The third-order valence-corrected chi connectivity index (χ3v) is 8.39. The summed E-state index contributed by atoms with van der Waals surface area (Å²) in [6, 6.07) is 17.4. The molecular formula is C28H29N7O3S. The molecule has 3 N–H and O–H groups in total. The predicted molar refractivity (Wildman–Crippen MR) is 152 cm³/mol. The average molecular weight is 544 g/mol. The number of carbonyl (C=O) groups is 1. The zero-order chi connectivity index (χ0) is 26.8. The summed E-state index contributed by atoms with van der Waals surface area (Å²) in [5.74, 6) is -0.0590. The van der Waals surface area contributed by atoms with Crippen LogP contribution in [0.15, 0.2) is 64.0 Å². The minimum absolute atomic E-state index is 0.0672. The Morgan fingerprint density at radius 2 is 1.92 bits per heavy atom. The molecule has 0 saturated heterocycles. The number of fused-ring (bicyclic) bond motifs is 1. The Labute approximate surface area is 229 Å². The van der Waals surface area contributed by atoms with Crippen molar-refractivity contribution in [2.75, 3.05) is 36.2 Å². The third-order valence-electron chi connectivity index (χ3n) is 7.07. The number of methoxy groups -OCH3 is 1. The molecule has 1 aliphatic carbocycles. The van der Waals surface area contributed by atoms with Gasteiger partial charge in [-0.1, -0.05) is 67.0 Å². The minimum Gasteiger partial charge on any atom is -0.402 e. The van der Waals surface area contributed by atoms with E-state index in [2.05, 4.69) is 33.1 Å². The van der Waals surface area contributed by atoms with Gasteiger partial charge in [-0.05, 0) is 18.9 Å². The Morgan fingerprint density at radius 1 is 1.13 bits per heavy atom. The Morgan fingerprint density at radius 3 is 2.69 bits per heavy atom. The van der Waals surface area contributed by atoms with Crippen molar-refractivity contribution < 1.29 is 13.9 Å². The van der Waals surface area contributed by atoms with Gasteiger partial charge in [0.2, 0.25) is 6.17 Å². The van der Waals surface area contributed by atoms with E-state index in [0.29, 0.717) is 30.2 Å². The topological polar surface area (TPSA) is 127 Å². The fraction of sp³-hybridized carbons (Fsp3) is 0.321. The molecule has 0 radical (unpaired) electrons. The van der Waals surface area contributed by atoms with Gasteiger partial charge in [-0.25, -0.2) is 9.98 Å². The van der Waals surface area contributed by atoms with Crippen LogP contribution in [0.4, 0.5) is 16.7 Å². The first kappa shape index (κ1) is 25.2. The summed E-state index contributed by atoms with van der Waals surface area (Å²) in [6.45, 7) is 3.42. The van der Waals surface area contributed by atoms with Gasteiger partial charge in [0, 0.05) is 30.2 Å². The summed E-state index contributed by atoms with van der Waals surface area (Å²) in [5, 5.41) is 19.7. The average Bonchev–Trinajstić information content (AvgIpc) is 3.55. The number of hydrogen-bond donors (Lipinski definition) is 3. The standard InChI is InChI=1S/C28H29N7O3S/c1-28(13-8-14-28)26-32-21(25(39-26)29-15-16-37-2)24-34-35-27(38-24)33-22-23(36)30-19-12-7-6-11-18(19)20(31-22)17-9-4-3-5-10-17/h3-7,9-12,22,29H,8,13-16H2,1-2H3,(H,30,36)(H,33,35).